The molecule has 0 aliphatic carbocycles. The Labute approximate surface area is 127 Å². The minimum Gasteiger partial charge on any atom is -0.497 e. The van der Waals surface area contributed by atoms with Crippen LogP contribution in [0.5, 0.6) is 5.75 Å². The van der Waals surface area contributed by atoms with E-state index in [9.17, 15) is 0 Å². The van der Waals surface area contributed by atoms with E-state index in [4.69, 9.17) is 39.5 Å². The predicted octanol–water partition coefficient (Wildman–Crippen LogP) is 5.27. The number of hydrogen-bond acceptors (Lipinski definition) is 2. The summed E-state index contributed by atoms with van der Waals surface area (Å²) in [6, 6.07) is 11.1. The molecule has 0 unspecified atom stereocenters. The summed E-state index contributed by atoms with van der Waals surface area (Å²) in [5.41, 5.74) is 1.83. The number of anilines is 1. The quantitative estimate of drug-likeness (QED) is 0.776. The van der Waals surface area contributed by atoms with Crippen molar-refractivity contribution in [1.29, 1.82) is 0 Å². The lowest BCUT2D eigenvalue weighted by atomic mass is 10.2. The summed E-state index contributed by atoms with van der Waals surface area (Å²) < 4.78 is 5.17. The third kappa shape index (κ3) is 3.69. The van der Waals surface area contributed by atoms with Crippen molar-refractivity contribution in [2.75, 3.05) is 12.4 Å². The maximum absolute atomic E-state index is 6.10. The van der Waals surface area contributed by atoms with Crippen LogP contribution in [0.3, 0.4) is 0 Å². The van der Waals surface area contributed by atoms with Crippen LogP contribution in [0, 0.1) is 0 Å². The highest BCUT2D eigenvalue weighted by molar-refractivity contribution is 6.44. The Bertz CT molecular complexity index is 587. The van der Waals surface area contributed by atoms with Crippen molar-refractivity contribution in [1.82, 2.24) is 0 Å². The molecule has 2 nitrogen and oxygen atoms in total. The Morgan fingerprint density at radius 3 is 2.47 bits per heavy atom. The third-order valence-corrected chi connectivity index (χ3v) is 3.66. The second-order valence-electron chi connectivity index (χ2n) is 3.95. The summed E-state index contributed by atoms with van der Waals surface area (Å²) in [5, 5.41) is 4.67. The fraction of sp³-hybridized carbons (Fsp3) is 0.143. The van der Waals surface area contributed by atoms with E-state index < -0.39 is 0 Å². The molecule has 0 aromatic heterocycles. The van der Waals surface area contributed by atoms with Crippen LogP contribution < -0.4 is 10.1 Å². The van der Waals surface area contributed by atoms with Crippen LogP contribution in [0.1, 0.15) is 5.56 Å². The van der Waals surface area contributed by atoms with Crippen molar-refractivity contribution in [3.05, 3.63) is 57.0 Å². The number of rotatable bonds is 4. The first-order valence-corrected chi connectivity index (χ1v) is 6.75. The third-order valence-electron chi connectivity index (χ3n) is 2.63. The summed E-state index contributed by atoms with van der Waals surface area (Å²) in [6.45, 7) is 0.620. The molecule has 1 N–H and O–H groups in total. The number of halogens is 3. The Hall–Kier alpha value is -1.09. The molecular weight excluding hydrogens is 305 g/mol. The molecule has 0 saturated carbocycles. The predicted molar refractivity (Wildman–Crippen MR) is 81.8 cm³/mol. The molecule has 5 heteroatoms. The highest BCUT2D eigenvalue weighted by Gasteiger charge is 2.06. The monoisotopic (exact) mass is 315 g/mol. The minimum absolute atomic E-state index is 0.443. The van der Waals surface area contributed by atoms with E-state index in [0.717, 1.165) is 17.0 Å². The fourth-order valence-corrected chi connectivity index (χ4v) is 2.25. The van der Waals surface area contributed by atoms with Crippen molar-refractivity contribution >= 4 is 40.5 Å². The Kier molecular flexibility index (Phi) is 4.81. The van der Waals surface area contributed by atoms with Gasteiger partial charge >= 0.3 is 0 Å². The minimum atomic E-state index is 0.443. The van der Waals surface area contributed by atoms with E-state index in [2.05, 4.69) is 5.32 Å². The number of methoxy groups -OCH3 is 1. The smallest absolute Gasteiger partial charge is 0.119 e. The van der Waals surface area contributed by atoms with E-state index in [-0.39, 0.29) is 0 Å². The number of ether oxygens (including phenoxy) is 1. The van der Waals surface area contributed by atoms with Gasteiger partial charge in [-0.05, 0) is 29.8 Å². The van der Waals surface area contributed by atoms with Crippen LogP contribution in [0.15, 0.2) is 36.4 Å². The van der Waals surface area contributed by atoms with Gasteiger partial charge < -0.3 is 10.1 Å². The van der Waals surface area contributed by atoms with Gasteiger partial charge in [0.25, 0.3) is 0 Å². The molecule has 0 bridgehead atoms. The number of benzene rings is 2. The second-order valence-corrected chi connectivity index (χ2v) is 5.17. The van der Waals surface area contributed by atoms with Crippen molar-refractivity contribution in [3.8, 4) is 5.75 Å². The molecule has 2 aromatic rings. The first-order chi connectivity index (χ1) is 9.10. The first kappa shape index (κ1) is 14.3. The zero-order valence-electron chi connectivity index (χ0n) is 10.2. The fourth-order valence-electron chi connectivity index (χ4n) is 1.64. The summed E-state index contributed by atoms with van der Waals surface area (Å²) in [5.74, 6) is 0.819. The highest BCUT2D eigenvalue weighted by Crippen LogP contribution is 2.32. The van der Waals surface area contributed by atoms with Crippen LogP contribution in [0.25, 0.3) is 0 Å². The Morgan fingerprint density at radius 1 is 1.00 bits per heavy atom. The van der Waals surface area contributed by atoms with Crippen molar-refractivity contribution in [2.24, 2.45) is 0 Å². The normalized spacial score (nSPS) is 10.3. The zero-order chi connectivity index (χ0) is 13.8. The van der Waals surface area contributed by atoms with E-state index in [1.807, 2.05) is 24.3 Å². The molecule has 0 spiro atoms. The average molecular weight is 317 g/mol. The summed E-state index contributed by atoms with van der Waals surface area (Å²) in [4.78, 5) is 0. The van der Waals surface area contributed by atoms with Gasteiger partial charge in [-0.15, -0.1) is 0 Å². The zero-order valence-corrected chi connectivity index (χ0v) is 12.5. The van der Waals surface area contributed by atoms with Gasteiger partial charge in [-0.25, -0.2) is 0 Å². The molecule has 0 aliphatic rings. The molecule has 0 radical (unpaired) electrons. The van der Waals surface area contributed by atoms with E-state index in [1.165, 1.54) is 0 Å². The van der Waals surface area contributed by atoms with E-state index in [1.54, 1.807) is 19.2 Å². The van der Waals surface area contributed by atoms with Gasteiger partial charge in [0.2, 0.25) is 0 Å². The van der Waals surface area contributed by atoms with Crippen LogP contribution >= 0.6 is 34.8 Å². The maximum atomic E-state index is 6.10. The van der Waals surface area contributed by atoms with E-state index >= 15 is 0 Å². The van der Waals surface area contributed by atoms with Gasteiger partial charge in [0.1, 0.15) is 5.75 Å². The number of nitrogens with one attached hydrogen (secondary N) is 1. The van der Waals surface area contributed by atoms with Gasteiger partial charge in [0, 0.05) is 6.54 Å². The Morgan fingerprint density at radius 2 is 1.74 bits per heavy atom. The van der Waals surface area contributed by atoms with Gasteiger partial charge in [-0.1, -0.05) is 46.9 Å². The lowest BCUT2D eigenvalue weighted by molar-refractivity contribution is 0.414. The lowest BCUT2D eigenvalue weighted by Crippen LogP contribution is -2.00. The molecule has 0 saturated heterocycles. The van der Waals surface area contributed by atoms with Gasteiger partial charge in [-0.3, -0.25) is 0 Å². The molecule has 2 aromatic carbocycles. The lowest BCUT2D eigenvalue weighted by Gasteiger charge is -2.10. The highest BCUT2D eigenvalue weighted by atomic mass is 35.5. The summed E-state index contributed by atoms with van der Waals surface area (Å²) >= 11 is 17.9. The van der Waals surface area contributed by atoms with E-state index in [0.29, 0.717) is 21.6 Å². The van der Waals surface area contributed by atoms with Crippen LogP contribution in [0.2, 0.25) is 15.1 Å². The second kappa shape index (κ2) is 6.38. The molecule has 0 heterocycles. The molecule has 19 heavy (non-hydrogen) atoms. The van der Waals surface area contributed by atoms with Crippen LogP contribution in [-0.2, 0) is 6.54 Å². The molecule has 0 atom stereocenters. The topological polar surface area (TPSA) is 21.3 Å². The molecular formula is C14H12Cl3NO. The van der Waals surface area contributed by atoms with Gasteiger partial charge in [0.15, 0.2) is 0 Å². The van der Waals surface area contributed by atoms with Gasteiger partial charge in [0.05, 0.1) is 27.9 Å². The largest absolute Gasteiger partial charge is 0.497 e. The van der Waals surface area contributed by atoms with Crippen molar-refractivity contribution in [3.63, 3.8) is 0 Å². The summed E-state index contributed by atoms with van der Waals surface area (Å²) in [6.07, 6.45) is 0. The van der Waals surface area contributed by atoms with Crippen molar-refractivity contribution in [2.45, 2.75) is 6.54 Å². The first-order valence-electron chi connectivity index (χ1n) is 5.61. The molecule has 2 rings (SSSR count). The number of hydrogen-bond donors (Lipinski definition) is 1. The summed E-state index contributed by atoms with van der Waals surface area (Å²) in [7, 11) is 1.64. The maximum Gasteiger partial charge on any atom is 0.119 e. The standard InChI is InChI=1S/C14H12Cl3NO/c1-19-10-4-2-3-9(5-10)8-18-14-7-12(16)11(15)6-13(14)17/h2-7,18H,8H2,1H3. The van der Waals surface area contributed by atoms with Crippen molar-refractivity contribution < 1.29 is 4.74 Å². The Balaban J connectivity index is 2.12. The molecule has 0 amide bonds. The average Bonchev–Trinajstić information content (AvgIpc) is 2.41. The molecule has 0 fully saturated rings. The van der Waals surface area contributed by atoms with Crippen LogP contribution in [0.4, 0.5) is 5.69 Å². The molecule has 100 valence electrons. The SMILES string of the molecule is COc1cccc(CNc2cc(Cl)c(Cl)cc2Cl)c1. The molecule has 0 aliphatic heterocycles. The van der Waals surface area contributed by atoms with Crippen LogP contribution in [-0.4, -0.2) is 7.11 Å². The van der Waals surface area contributed by atoms with Gasteiger partial charge in [-0.2, -0.15) is 0 Å².